The molecule has 1 saturated heterocycles. The molecule has 1 fully saturated rings. The van der Waals surface area contributed by atoms with Gasteiger partial charge in [0.25, 0.3) is 0 Å². The first kappa shape index (κ1) is 18.5. The van der Waals surface area contributed by atoms with Crippen LogP contribution in [0.25, 0.3) is 11.1 Å². The smallest absolute Gasteiger partial charge is 0.162 e. The van der Waals surface area contributed by atoms with E-state index in [2.05, 4.69) is 0 Å². The molecule has 0 atom stereocenters. The van der Waals surface area contributed by atoms with Crippen molar-refractivity contribution in [3.05, 3.63) is 53.3 Å². The summed E-state index contributed by atoms with van der Waals surface area (Å²) < 4.78 is 30.8. The average Bonchev–Trinajstić information content (AvgIpc) is 2.63. The van der Waals surface area contributed by atoms with Gasteiger partial charge >= 0.3 is 0 Å². The second-order valence-corrected chi connectivity index (χ2v) is 7.03. The van der Waals surface area contributed by atoms with Gasteiger partial charge in [-0.3, -0.25) is 4.79 Å². The van der Waals surface area contributed by atoms with Crippen molar-refractivity contribution >= 4 is 6.29 Å². The van der Waals surface area contributed by atoms with Gasteiger partial charge in [0, 0.05) is 5.92 Å². The first-order valence-electron chi connectivity index (χ1n) is 8.64. The van der Waals surface area contributed by atoms with Crippen LogP contribution in [0.1, 0.15) is 29.8 Å². The van der Waals surface area contributed by atoms with E-state index in [-0.39, 0.29) is 11.7 Å². The highest BCUT2D eigenvalue weighted by Gasteiger charge is 2.28. The van der Waals surface area contributed by atoms with Gasteiger partial charge in [0.1, 0.15) is 11.6 Å². The molecule has 0 N–H and O–H groups in total. The monoisotopic (exact) mass is 358 g/mol. The normalized spacial score (nSPS) is 17.1. The third-order valence-corrected chi connectivity index (χ3v) is 4.45. The van der Waals surface area contributed by atoms with E-state index in [1.54, 1.807) is 25.1 Å². The standard InChI is InChI=1S/C21H23FO4/c1-14-4-5-17(9-19(14)22)16-6-7-20(18(8-16)10-23)24-11-15-12-25-21(2,3)26-13-15/h4-10,15H,11-13H2,1-3H3. The van der Waals surface area contributed by atoms with Crippen LogP contribution < -0.4 is 4.74 Å². The van der Waals surface area contributed by atoms with Gasteiger partial charge in [-0.2, -0.15) is 0 Å². The van der Waals surface area contributed by atoms with Crippen LogP contribution in [0.3, 0.4) is 0 Å². The molecule has 0 aliphatic carbocycles. The molecule has 0 spiro atoms. The number of rotatable bonds is 5. The molecule has 5 heteroatoms. The van der Waals surface area contributed by atoms with E-state index in [9.17, 15) is 9.18 Å². The van der Waals surface area contributed by atoms with E-state index in [4.69, 9.17) is 14.2 Å². The molecule has 1 aliphatic heterocycles. The molecule has 138 valence electrons. The Labute approximate surface area is 152 Å². The van der Waals surface area contributed by atoms with Crippen molar-refractivity contribution in [2.24, 2.45) is 5.92 Å². The fraction of sp³-hybridized carbons (Fsp3) is 0.381. The van der Waals surface area contributed by atoms with Crippen LogP contribution in [-0.2, 0) is 9.47 Å². The minimum atomic E-state index is -0.560. The predicted octanol–water partition coefficient (Wildman–Crippen LogP) is 4.39. The van der Waals surface area contributed by atoms with Gasteiger partial charge in [-0.05, 0) is 55.7 Å². The molecule has 2 aromatic rings. The summed E-state index contributed by atoms with van der Waals surface area (Å²) >= 11 is 0. The fourth-order valence-electron chi connectivity index (χ4n) is 2.75. The average molecular weight is 358 g/mol. The zero-order valence-electron chi connectivity index (χ0n) is 15.3. The van der Waals surface area contributed by atoms with Gasteiger partial charge in [0.2, 0.25) is 0 Å². The molecule has 1 aliphatic rings. The van der Waals surface area contributed by atoms with Crippen LogP contribution >= 0.6 is 0 Å². The summed E-state index contributed by atoms with van der Waals surface area (Å²) in [5.41, 5.74) is 2.51. The Bertz CT molecular complexity index is 791. The van der Waals surface area contributed by atoms with Gasteiger partial charge in [-0.25, -0.2) is 4.39 Å². The first-order valence-corrected chi connectivity index (χ1v) is 8.64. The molecule has 0 radical (unpaired) electrons. The molecule has 3 rings (SSSR count). The molecule has 0 unspecified atom stereocenters. The maximum Gasteiger partial charge on any atom is 0.162 e. The summed E-state index contributed by atoms with van der Waals surface area (Å²) in [6, 6.07) is 10.3. The van der Waals surface area contributed by atoms with Crippen molar-refractivity contribution in [1.82, 2.24) is 0 Å². The Morgan fingerprint density at radius 2 is 1.81 bits per heavy atom. The van der Waals surface area contributed by atoms with Gasteiger partial charge in [0.15, 0.2) is 12.1 Å². The first-order chi connectivity index (χ1) is 12.4. The molecule has 0 aromatic heterocycles. The molecule has 0 amide bonds. The lowest BCUT2D eigenvalue weighted by atomic mass is 10.0. The van der Waals surface area contributed by atoms with Crippen LogP contribution in [-0.4, -0.2) is 31.9 Å². The van der Waals surface area contributed by atoms with Crippen LogP contribution in [0.5, 0.6) is 5.75 Å². The maximum atomic E-state index is 13.8. The van der Waals surface area contributed by atoms with E-state index in [0.29, 0.717) is 36.7 Å². The Morgan fingerprint density at radius 3 is 2.46 bits per heavy atom. The summed E-state index contributed by atoms with van der Waals surface area (Å²) in [7, 11) is 0. The molecule has 4 nitrogen and oxygen atoms in total. The van der Waals surface area contributed by atoms with Crippen LogP contribution in [0.4, 0.5) is 4.39 Å². The molecular formula is C21H23FO4. The van der Waals surface area contributed by atoms with Crippen molar-refractivity contribution in [2.45, 2.75) is 26.6 Å². The third-order valence-electron chi connectivity index (χ3n) is 4.45. The Hall–Kier alpha value is -2.24. The fourth-order valence-corrected chi connectivity index (χ4v) is 2.75. The minimum absolute atomic E-state index is 0.105. The Kier molecular flexibility index (Phi) is 5.39. The highest BCUT2D eigenvalue weighted by Crippen LogP contribution is 2.28. The number of benzene rings is 2. The number of aryl methyl sites for hydroxylation is 1. The Balaban J connectivity index is 1.71. The van der Waals surface area contributed by atoms with E-state index in [1.807, 2.05) is 26.0 Å². The molecule has 2 aromatic carbocycles. The topological polar surface area (TPSA) is 44.8 Å². The minimum Gasteiger partial charge on any atom is -0.492 e. The van der Waals surface area contributed by atoms with E-state index in [0.717, 1.165) is 17.4 Å². The highest BCUT2D eigenvalue weighted by atomic mass is 19.1. The number of ether oxygens (including phenoxy) is 3. The van der Waals surface area contributed by atoms with Crippen LogP contribution in [0.15, 0.2) is 36.4 Å². The maximum absolute atomic E-state index is 13.8. The summed E-state index contributed by atoms with van der Waals surface area (Å²) in [4.78, 5) is 11.5. The number of carbonyl (C=O) groups is 1. The summed E-state index contributed by atoms with van der Waals surface area (Å²) in [5.74, 6) is -0.222. The number of halogens is 1. The highest BCUT2D eigenvalue weighted by molar-refractivity contribution is 5.83. The van der Waals surface area contributed by atoms with Gasteiger partial charge < -0.3 is 14.2 Å². The molecule has 26 heavy (non-hydrogen) atoms. The van der Waals surface area contributed by atoms with Crippen molar-refractivity contribution in [3.8, 4) is 16.9 Å². The summed E-state index contributed by atoms with van der Waals surface area (Å²) in [5, 5.41) is 0. The number of carbonyl (C=O) groups excluding carboxylic acids is 1. The third kappa shape index (κ3) is 4.29. The molecule has 1 heterocycles. The Morgan fingerprint density at radius 1 is 1.15 bits per heavy atom. The number of hydrogen-bond acceptors (Lipinski definition) is 4. The van der Waals surface area contributed by atoms with Crippen LogP contribution in [0, 0.1) is 18.7 Å². The van der Waals surface area contributed by atoms with Crippen molar-refractivity contribution < 1.29 is 23.4 Å². The zero-order valence-corrected chi connectivity index (χ0v) is 15.3. The van der Waals surface area contributed by atoms with E-state index >= 15 is 0 Å². The van der Waals surface area contributed by atoms with Crippen molar-refractivity contribution in [1.29, 1.82) is 0 Å². The molecule has 0 saturated carbocycles. The second kappa shape index (κ2) is 7.56. The quantitative estimate of drug-likeness (QED) is 0.744. The van der Waals surface area contributed by atoms with Gasteiger partial charge in [-0.15, -0.1) is 0 Å². The summed E-state index contributed by atoms with van der Waals surface area (Å²) in [6.07, 6.45) is 0.750. The van der Waals surface area contributed by atoms with Crippen molar-refractivity contribution in [2.75, 3.05) is 19.8 Å². The second-order valence-electron chi connectivity index (χ2n) is 7.03. The van der Waals surface area contributed by atoms with Crippen molar-refractivity contribution in [3.63, 3.8) is 0 Å². The number of aldehydes is 1. The largest absolute Gasteiger partial charge is 0.492 e. The summed E-state index contributed by atoms with van der Waals surface area (Å²) in [6.45, 7) is 6.96. The lowest BCUT2D eigenvalue weighted by Gasteiger charge is -2.34. The lowest BCUT2D eigenvalue weighted by Crippen LogP contribution is -2.41. The van der Waals surface area contributed by atoms with Gasteiger partial charge in [0.05, 0.1) is 25.4 Å². The predicted molar refractivity (Wildman–Crippen MR) is 96.9 cm³/mol. The van der Waals surface area contributed by atoms with E-state index < -0.39 is 5.79 Å². The SMILES string of the molecule is Cc1ccc(-c2ccc(OCC3COC(C)(C)OC3)c(C=O)c2)cc1F. The molecular weight excluding hydrogens is 335 g/mol. The van der Waals surface area contributed by atoms with Gasteiger partial charge in [-0.1, -0.05) is 18.2 Å². The van der Waals surface area contributed by atoms with Crippen LogP contribution in [0.2, 0.25) is 0 Å². The lowest BCUT2D eigenvalue weighted by molar-refractivity contribution is -0.264. The zero-order chi connectivity index (χ0) is 18.7. The molecule has 0 bridgehead atoms. The van der Waals surface area contributed by atoms with E-state index in [1.165, 1.54) is 6.07 Å². The number of hydrogen-bond donors (Lipinski definition) is 0.